The number of pyridine rings is 1. The average molecular weight is 299 g/mol. The summed E-state index contributed by atoms with van der Waals surface area (Å²) in [5, 5.41) is 0. The van der Waals surface area contributed by atoms with Crippen molar-refractivity contribution in [3.8, 4) is 11.6 Å². The number of hydrogen-bond acceptors (Lipinski definition) is 4. The SMILES string of the molecule is CSc1ccccc1Oc1nc2ccccn2c1CCN. The Balaban J connectivity index is 2.05. The first-order chi connectivity index (χ1) is 10.3. The van der Waals surface area contributed by atoms with Crippen LogP contribution >= 0.6 is 11.8 Å². The van der Waals surface area contributed by atoms with Crippen LogP contribution in [0.1, 0.15) is 5.69 Å². The molecule has 3 rings (SSSR count). The molecule has 0 aliphatic carbocycles. The molecule has 3 aromatic rings. The van der Waals surface area contributed by atoms with Gasteiger partial charge in [-0.05, 0) is 37.1 Å². The van der Waals surface area contributed by atoms with Crippen molar-refractivity contribution >= 4 is 17.4 Å². The molecule has 0 aliphatic rings. The van der Waals surface area contributed by atoms with Crippen LogP contribution in [0, 0.1) is 0 Å². The number of hydrogen-bond donors (Lipinski definition) is 1. The fraction of sp³-hybridized carbons (Fsp3) is 0.188. The number of thioether (sulfide) groups is 1. The lowest BCUT2D eigenvalue weighted by atomic mass is 10.3. The number of benzene rings is 1. The largest absolute Gasteiger partial charge is 0.436 e. The van der Waals surface area contributed by atoms with Crippen LogP contribution in [0.2, 0.25) is 0 Å². The first-order valence-electron chi connectivity index (χ1n) is 6.80. The van der Waals surface area contributed by atoms with E-state index in [1.165, 1.54) is 0 Å². The van der Waals surface area contributed by atoms with E-state index in [4.69, 9.17) is 10.5 Å². The third-order valence-electron chi connectivity index (χ3n) is 3.25. The summed E-state index contributed by atoms with van der Waals surface area (Å²) in [7, 11) is 0. The number of aromatic nitrogens is 2. The molecule has 1 aromatic carbocycles. The smallest absolute Gasteiger partial charge is 0.241 e. The fourth-order valence-corrected chi connectivity index (χ4v) is 2.80. The van der Waals surface area contributed by atoms with Crippen LogP contribution in [0.25, 0.3) is 5.65 Å². The van der Waals surface area contributed by atoms with Gasteiger partial charge in [0.1, 0.15) is 11.4 Å². The lowest BCUT2D eigenvalue weighted by Crippen LogP contribution is -2.06. The van der Waals surface area contributed by atoms with Gasteiger partial charge in [0.2, 0.25) is 5.88 Å². The summed E-state index contributed by atoms with van der Waals surface area (Å²) in [4.78, 5) is 5.67. The van der Waals surface area contributed by atoms with Gasteiger partial charge >= 0.3 is 0 Å². The van der Waals surface area contributed by atoms with Crippen molar-refractivity contribution in [2.45, 2.75) is 11.3 Å². The molecular formula is C16H17N3OS. The molecule has 0 saturated carbocycles. The standard InChI is InChI=1S/C16H17N3OS/c1-21-14-7-3-2-6-13(14)20-16-12(9-10-17)19-11-5-4-8-15(19)18-16/h2-8,11H,9-10,17H2,1H3. The van der Waals surface area contributed by atoms with E-state index in [-0.39, 0.29) is 0 Å². The highest BCUT2D eigenvalue weighted by molar-refractivity contribution is 7.98. The molecule has 2 heterocycles. The number of nitrogens with zero attached hydrogens (tertiary/aromatic N) is 2. The molecule has 4 nitrogen and oxygen atoms in total. The van der Waals surface area contributed by atoms with Crippen LogP contribution in [-0.2, 0) is 6.42 Å². The third-order valence-corrected chi connectivity index (χ3v) is 4.03. The second-order valence-electron chi connectivity index (χ2n) is 4.58. The molecule has 0 atom stereocenters. The topological polar surface area (TPSA) is 52.5 Å². The van der Waals surface area contributed by atoms with Gasteiger partial charge in [-0.15, -0.1) is 11.8 Å². The molecule has 5 heteroatoms. The van der Waals surface area contributed by atoms with E-state index in [1.807, 2.05) is 59.3 Å². The van der Waals surface area contributed by atoms with E-state index in [9.17, 15) is 0 Å². The zero-order valence-electron chi connectivity index (χ0n) is 11.8. The van der Waals surface area contributed by atoms with Gasteiger partial charge < -0.3 is 14.9 Å². The maximum Gasteiger partial charge on any atom is 0.241 e. The van der Waals surface area contributed by atoms with Crippen LogP contribution in [0.3, 0.4) is 0 Å². The monoisotopic (exact) mass is 299 g/mol. The maximum atomic E-state index is 6.06. The number of nitrogens with two attached hydrogens (primary N) is 1. The predicted molar refractivity (Wildman–Crippen MR) is 86.2 cm³/mol. The summed E-state index contributed by atoms with van der Waals surface area (Å²) in [5.74, 6) is 1.46. The molecule has 0 unspecified atom stereocenters. The fourth-order valence-electron chi connectivity index (χ4n) is 2.28. The molecule has 108 valence electrons. The van der Waals surface area contributed by atoms with Crippen molar-refractivity contribution in [2.75, 3.05) is 12.8 Å². The molecule has 21 heavy (non-hydrogen) atoms. The van der Waals surface area contributed by atoms with Gasteiger partial charge in [-0.2, -0.15) is 4.98 Å². The number of para-hydroxylation sites is 1. The summed E-state index contributed by atoms with van der Waals surface area (Å²) in [6.07, 6.45) is 4.75. The lowest BCUT2D eigenvalue weighted by molar-refractivity contribution is 0.449. The van der Waals surface area contributed by atoms with Gasteiger partial charge in [0, 0.05) is 17.5 Å². The number of rotatable bonds is 5. The van der Waals surface area contributed by atoms with Crippen molar-refractivity contribution in [3.63, 3.8) is 0 Å². The highest BCUT2D eigenvalue weighted by atomic mass is 32.2. The van der Waals surface area contributed by atoms with E-state index in [2.05, 4.69) is 4.98 Å². The highest BCUT2D eigenvalue weighted by Gasteiger charge is 2.14. The molecule has 0 amide bonds. The zero-order chi connectivity index (χ0) is 14.7. The third kappa shape index (κ3) is 2.75. The Bertz CT molecular complexity index is 754. The molecule has 0 bridgehead atoms. The molecular weight excluding hydrogens is 282 g/mol. The first kappa shape index (κ1) is 14.0. The summed E-state index contributed by atoms with van der Waals surface area (Å²) < 4.78 is 8.09. The van der Waals surface area contributed by atoms with Gasteiger partial charge in [0.15, 0.2) is 0 Å². The number of fused-ring (bicyclic) bond motifs is 1. The Morgan fingerprint density at radius 2 is 2.00 bits per heavy atom. The van der Waals surface area contributed by atoms with Gasteiger partial charge in [0.25, 0.3) is 0 Å². The van der Waals surface area contributed by atoms with Crippen LogP contribution in [0.15, 0.2) is 53.6 Å². The number of ether oxygens (including phenoxy) is 1. The number of imidazole rings is 1. The summed E-state index contributed by atoms with van der Waals surface area (Å²) in [6, 6.07) is 13.9. The maximum absolute atomic E-state index is 6.06. The second-order valence-corrected chi connectivity index (χ2v) is 5.43. The van der Waals surface area contributed by atoms with E-state index in [1.54, 1.807) is 11.8 Å². The lowest BCUT2D eigenvalue weighted by Gasteiger charge is -2.09. The summed E-state index contributed by atoms with van der Waals surface area (Å²) >= 11 is 1.66. The summed E-state index contributed by atoms with van der Waals surface area (Å²) in [5.41, 5.74) is 7.60. The molecule has 0 aliphatic heterocycles. The predicted octanol–water partition coefficient (Wildman–Crippen LogP) is 3.35. The quantitative estimate of drug-likeness (QED) is 0.734. The first-order valence-corrected chi connectivity index (χ1v) is 8.03. The zero-order valence-corrected chi connectivity index (χ0v) is 12.6. The van der Waals surface area contributed by atoms with Crippen LogP contribution < -0.4 is 10.5 Å². The van der Waals surface area contributed by atoms with Crippen LogP contribution in [0.4, 0.5) is 0 Å². The minimum absolute atomic E-state index is 0.559. The Labute approximate surface area is 127 Å². The van der Waals surface area contributed by atoms with E-state index in [0.29, 0.717) is 12.4 Å². The molecule has 0 fully saturated rings. The Hall–Kier alpha value is -1.98. The Morgan fingerprint density at radius 3 is 2.81 bits per heavy atom. The minimum Gasteiger partial charge on any atom is -0.436 e. The normalized spacial score (nSPS) is 11.0. The Kier molecular flexibility index (Phi) is 4.13. The van der Waals surface area contributed by atoms with E-state index in [0.717, 1.165) is 28.4 Å². The van der Waals surface area contributed by atoms with Crippen molar-refractivity contribution in [1.82, 2.24) is 9.38 Å². The summed E-state index contributed by atoms with van der Waals surface area (Å²) in [6.45, 7) is 0.559. The van der Waals surface area contributed by atoms with E-state index < -0.39 is 0 Å². The molecule has 0 saturated heterocycles. The molecule has 0 spiro atoms. The van der Waals surface area contributed by atoms with Gasteiger partial charge in [-0.3, -0.25) is 0 Å². The Morgan fingerprint density at radius 1 is 1.19 bits per heavy atom. The van der Waals surface area contributed by atoms with Crippen molar-refractivity contribution in [3.05, 3.63) is 54.4 Å². The van der Waals surface area contributed by atoms with Crippen LogP contribution in [-0.4, -0.2) is 22.2 Å². The van der Waals surface area contributed by atoms with Crippen LogP contribution in [0.5, 0.6) is 11.6 Å². The average Bonchev–Trinajstić information content (AvgIpc) is 2.86. The van der Waals surface area contributed by atoms with Gasteiger partial charge in [-0.25, -0.2) is 0 Å². The van der Waals surface area contributed by atoms with Crippen molar-refractivity contribution < 1.29 is 4.74 Å². The van der Waals surface area contributed by atoms with Gasteiger partial charge in [0.05, 0.1) is 5.69 Å². The van der Waals surface area contributed by atoms with Gasteiger partial charge in [-0.1, -0.05) is 18.2 Å². The molecule has 2 aromatic heterocycles. The molecule has 2 N–H and O–H groups in total. The van der Waals surface area contributed by atoms with E-state index >= 15 is 0 Å². The highest BCUT2D eigenvalue weighted by Crippen LogP contribution is 2.32. The minimum atomic E-state index is 0.559. The molecule has 0 radical (unpaired) electrons. The van der Waals surface area contributed by atoms with Crippen molar-refractivity contribution in [1.29, 1.82) is 0 Å². The van der Waals surface area contributed by atoms with Crippen molar-refractivity contribution in [2.24, 2.45) is 5.73 Å². The second kappa shape index (κ2) is 6.20.